The lowest BCUT2D eigenvalue weighted by Gasteiger charge is -2.11. The van der Waals surface area contributed by atoms with Crippen LogP contribution in [0.1, 0.15) is 5.56 Å². The quantitative estimate of drug-likeness (QED) is 0.787. The molecular weight excluding hydrogens is 293 g/mol. The van der Waals surface area contributed by atoms with Crippen molar-refractivity contribution in [2.45, 2.75) is 6.36 Å². The summed E-state index contributed by atoms with van der Waals surface area (Å²) in [6.45, 7) is 0. The van der Waals surface area contributed by atoms with Gasteiger partial charge in [-0.3, -0.25) is 0 Å². The van der Waals surface area contributed by atoms with E-state index in [0.717, 1.165) is 6.07 Å². The maximum atomic E-state index is 12.0. The molecule has 86 valence electrons. The lowest BCUT2D eigenvalue weighted by atomic mass is 10.3. The van der Waals surface area contributed by atoms with Crippen LogP contribution in [0.25, 0.3) is 0 Å². The molecule has 0 aromatic carbocycles. The van der Waals surface area contributed by atoms with E-state index in [9.17, 15) is 13.2 Å². The molecule has 0 amide bonds. The fourth-order valence-corrected chi connectivity index (χ4v) is 1.34. The molecule has 0 bridgehead atoms. The first-order valence-corrected chi connectivity index (χ1v) is 4.57. The Balaban J connectivity index is 3.25. The normalized spacial score (nSPS) is 10.8. The Labute approximate surface area is 96.7 Å². The predicted molar refractivity (Wildman–Crippen MR) is 49.9 cm³/mol. The molecule has 1 heterocycles. The summed E-state index contributed by atoms with van der Waals surface area (Å²) in [7, 11) is 1.23. The number of ether oxygens (including phenoxy) is 2. The van der Waals surface area contributed by atoms with Gasteiger partial charge in [0.15, 0.2) is 5.75 Å². The van der Waals surface area contributed by atoms with Gasteiger partial charge in [-0.25, -0.2) is 4.98 Å². The molecule has 1 aromatic heterocycles. The third-order valence-corrected chi connectivity index (χ3v) is 2.04. The van der Waals surface area contributed by atoms with Gasteiger partial charge in [-0.2, -0.15) is 5.26 Å². The highest BCUT2D eigenvalue weighted by Gasteiger charge is 2.33. The van der Waals surface area contributed by atoms with E-state index in [1.165, 1.54) is 7.11 Å². The minimum absolute atomic E-state index is 0.0754. The maximum Gasteiger partial charge on any atom is 0.573 e. The van der Waals surface area contributed by atoms with Crippen LogP contribution in [0.2, 0.25) is 0 Å². The minimum atomic E-state index is -4.88. The van der Waals surface area contributed by atoms with E-state index < -0.39 is 12.1 Å². The number of halogens is 4. The van der Waals surface area contributed by atoms with Gasteiger partial charge in [0, 0.05) is 6.07 Å². The Hall–Kier alpha value is -1.49. The lowest BCUT2D eigenvalue weighted by molar-refractivity contribution is -0.274. The summed E-state index contributed by atoms with van der Waals surface area (Å²) in [6.07, 6.45) is -4.88. The van der Waals surface area contributed by atoms with Crippen LogP contribution in [0.3, 0.4) is 0 Å². The van der Waals surface area contributed by atoms with Crippen LogP contribution < -0.4 is 9.47 Å². The zero-order valence-corrected chi connectivity index (χ0v) is 9.39. The molecule has 0 fully saturated rings. The molecule has 0 aliphatic carbocycles. The minimum Gasteiger partial charge on any atom is -0.481 e. The SMILES string of the molecule is COc1cc(OC(F)(F)F)c(C#N)c(Br)n1. The molecular formula is C8H4BrF3N2O2. The molecule has 4 nitrogen and oxygen atoms in total. The van der Waals surface area contributed by atoms with Gasteiger partial charge in [-0.1, -0.05) is 0 Å². The second-order valence-electron chi connectivity index (χ2n) is 2.49. The molecule has 0 saturated heterocycles. The average molecular weight is 297 g/mol. The molecule has 0 spiro atoms. The summed E-state index contributed by atoms with van der Waals surface area (Å²) in [6, 6.07) is 2.43. The van der Waals surface area contributed by atoms with Gasteiger partial charge in [0.2, 0.25) is 5.88 Å². The van der Waals surface area contributed by atoms with Gasteiger partial charge in [-0.05, 0) is 15.9 Å². The van der Waals surface area contributed by atoms with Crippen molar-refractivity contribution in [2.75, 3.05) is 7.11 Å². The maximum absolute atomic E-state index is 12.0. The first kappa shape index (κ1) is 12.6. The summed E-state index contributed by atoms with van der Waals surface area (Å²) in [5, 5.41) is 8.65. The number of pyridine rings is 1. The Morgan fingerprint density at radius 2 is 2.12 bits per heavy atom. The number of nitriles is 1. The zero-order chi connectivity index (χ0) is 12.3. The molecule has 0 aliphatic rings. The second-order valence-corrected chi connectivity index (χ2v) is 3.24. The van der Waals surface area contributed by atoms with E-state index in [1.807, 2.05) is 0 Å². The van der Waals surface area contributed by atoms with Crippen molar-refractivity contribution in [1.82, 2.24) is 4.98 Å². The van der Waals surface area contributed by atoms with Gasteiger partial charge in [0.1, 0.15) is 16.2 Å². The standard InChI is InChI=1S/C8H4BrF3N2O2/c1-15-6-2-5(16-8(10,11)12)4(3-13)7(9)14-6/h2H,1H3. The predicted octanol–water partition coefficient (Wildman–Crippen LogP) is 2.62. The van der Waals surface area contributed by atoms with Crippen molar-refractivity contribution < 1.29 is 22.6 Å². The Morgan fingerprint density at radius 1 is 1.50 bits per heavy atom. The number of alkyl halides is 3. The molecule has 0 radical (unpaired) electrons. The number of nitrogens with zero attached hydrogens (tertiary/aromatic N) is 2. The van der Waals surface area contributed by atoms with Gasteiger partial charge in [0.25, 0.3) is 0 Å². The van der Waals surface area contributed by atoms with E-state index in [-0.39, 0.29) is 16.0 Å². The highest BCUT2D eigenvalue weighted by Crippen LogP contribution is 2.32. The van der Waals surface area contributed by atoms with Gasteiger partial charge in [0.05, 0.1) is 7.11 Å². The van der Waals surface area contributed by atoms with Gasteiger partial charge in [-0.15, -0.1) is 13.2 Å². The lowest BCUT2D eigenvalue weighted by Crippen LogP contribution is -2.18. The van der Waals surface area contributed by atoms with E-state index in [4.69, 9.17) is 5.26 Å². The second kappa shape index (κ2) is 4.57. The van der Waals surface area contributed by atoms with Crippen LogP contribution in [0, 0.1) is 11.3 Å². The molecule has 16 heavy (non-hydrogen) atoms. The van der Waals surface area contributed by atoms with Crippen LogP contribution in [-0.4, -0.2) is 18.5 Å². The van der Waals surface area contributed by atoms with E-state index in [2.05, 4.69) is 30.4 Å². The first-order valence-electron chi connectivity index (χ1n) is 3.77. The molecule has 0 N–H and O–H groups in total. The average Bonchev–Trinajstić information content (AvgIpc) is 2.14. The van der Waals surface area contributed by atoms with Crippen LogP contribution in [0.5, 0.6) is 11.6 Å². The summed E-state index contributed by atoms with van der Waals surface area (Å²) >= 11 is 2.85. The molecule has 0 saturated carbocycles. The summed E-state index contributed by atoms with van der Waals surface area (Å²) < 4.78 is 44.3. The number of hydrogen-bond donors (Lipinski definition) is 0. The fraction of sp³-hybridized carbons (Fsp3) is 0.250. The highest BCUT2D eigenvalue weighted by atomic mass is 79.9. The van der Waals surface area contributed by atoms with Crippen LogP contribution in [0.4, 0.5) is 13.2 Å². The van der Waals surface area contributed by atoms with E-state index in [0.29, 0.717) is 0 Å². The van der Waals surface area contributed by atoms with Crippen molar-refractivity contribution in [3.05, 3.63) is 16.2 Å². The fourth-order valence-electron chi connectivity index (χ4n) is 0.882. The van der Waals surface area contributed by atoms with E-state index in [1.54, 1.807) is 6.07 Å². The van der Waals surface area contributed by atoms with Crippen LogP contribution >= 0.6 is 15.9 Å². The Morgan fingerprint density at radius 3 is 2.56 bits per heavy atom. The molecule has 8 heteroatoms. The number of methoxy groups -OCH3 is 1. The van der Waals surface area contributed by atoms with E-state index >= 15 is 0 Å². The third kappa shape index (κ3) is 3.00. The molecule has 0 atom stereocenters. The summed E-state index contributed by atoms with van der Waals surface area (Å²) in [5.41, 5.74) is -0.349. The van der Waals surface area contributed by atoms with Crippen molar-refractivity contribution >= 4 is 15.9 Å². The largest absolute Gasteiger partial charge is 0.573 e. The van der Waals surface area contributed by atoms with Gasteiger partial charge >= 0.3 is 6.36 Å². The van der Waals surface area contributed by atoms with Crippen LogP contribution in [0.15, 0.2) is 10.7 Å². The molecule has 0 aliphatic heterocycles. The Bertz CT molecular complexity index is 442. The van der Waals surface area contributed by atoms with Crippen molar-refractivity contribution in [3.63, 3.8) is 0 Å². The number of aromatic nitrogens is 1. The smallest absolute Gasteiger partial charge is 0.481 e. The Kier molecular flexibility index (Phi) is 3.59. The first-order chi connectivity index (χ1) is 7.37. The summed E-state index contributed by atoms with van der Waals surface area (Å²) in [4.78, 5) is 3.68. The van der Waals surface area contributed by atoms with Crippen LogP contribution in [-0.2, 0) is 0 Å². The zero-order valence-electron chi connectivity index (χ0n) is 7.80. The van der Waals surface area contributed by atoms with Crippen molar-refractivity contribution in [1.29, 1.82) is 5.26 Å². The topological polar surface area (TPSA) is 55.1 Å². The van der Waals surface area contributed by atoms with Crippen molar-refractivity contribution in [3.8, 4) is 17.7 Å². The van der Waals surface area contributed by atoms with Gasteiger partial charge < -0.3 is 9.47 Å². The number of rotatable bonds is 2. The highest BCUT2D eigenvalue weighted by molar-refractivity contribution is 9.10. The molecule has 0 unspecified atom stereocenters. The van der Waals surface area contributed by atoms with Crippen molar-refractivity contribution in [2.24, 2.45) is 0 Å². The summed E-state index contributed by atoms with van der Waals surface area (Å²) in [5.74, 6) is -0.751. The molecule has 1 rings (SSSR count). The third-order valence-electron chi connectivity index (χ3n) is 1.46. The molecule has 1 aromatic rings. The number of hydrogen-bond acceptors (Lipinski definition) is 4. The monoisotopic (exact) mass is 296 g/mol.